The quantitative estimate of drug-likeness (QED) is 0.801. The first-order chi connectivity index (χ1) is 12.7. The average Bonchev–Trinajstić information content (AvgIpc) is 3.44. The van der Waals surface area contributed by atoms with Crippen molar-refractivity contribution in [2.24, 2.45) is 0 Å². The first-order valence-corrected chi connectivity index (χ1v) is 9.82. The normalized spacial score (nSPS) is 23.7. The molecule has 1 aliphatic heterocycles. The molecule has 2 atom stereocenters. The number of benzene rings is 2. The van der Waals surface area contributed by atoms with Gasteiger partial charge in [0.05, 0.1) is 0 Å². The molecule has 0 amide bonds. The molecule has 3 heteroatoms. The van der Waals surface area contributed by atoms with Gasteiger partial charge in [0, 0.05) is 30.1 Å². The van der Waals surface area contributed by atoms with Crippen LogP contribution < -0.4 is 5.32 Å². The van der Waals surface area contributed by atoms with Crippen LogP contribution in [0.3, 0.4) is 0 Å². The van der Waals surface area contributed by atoms with Gasteiger partial charge >= 0.3 is 0 Å². The van der Waals surface area contributed by atoms with Crippen LogP contribution in [0, 0.1) is 0 Å². The molecule has 2 aromatic carbocycles. The van der Waals surface area contributed by atoms with Gasteiger partial charge in [0.1, 0.15) is 0 Å². The zero-order valence-corrected chi connectivity index (χ0v) is 15.5. The molecule has 1 heterocycles. The second-order valence-corrected chi connectivity index (χ2v) is 7.83. The summed E-state index contributed by atoms with van der Waals surface area (Å²) in [6.45, 7) is 4.90. The SMILES string of the molecule is CC(=O)c1ccc(CN2CCC(N[C@@H]3C[C@H]3c3ccccc3)CC2)cc1. The van der Waals surface area contributed by atoms with E-state index in [2.05, 4.69) is 52.7 Å². The van der Waals surface area contributed by atoms with Crippen LogP contribution in [0.5, 0.6) is 0 Å². The molecule has 0 spiro atoms. The van der Waals surface area contributed by atoms with Crippen molar-refractivity contribution in [2.75, 3.05) is 13.1 Å². The lowest BCUT2D eigenvalue weighted by molar-refractivity contribution is 0.101. The standard InChI is InChI=1S/C23H28N2O/c1-17(26)19-9-7-18(8-10-19)16-25-13-11-21(12-14-25)24-23-15-22(23)20-5-3-2-4-6-20/h2-10,21-24H,11-16H2,1H3/t22-,23+/m0/s1. The molecule has 1 saturated carbocycles. The van der Waals surface area contributed by atoms with E-state index >= 15 is 0 Å². The number of hydrogen-bond donors (Lipinski definition) is 1. The van der Waals surface area contributed by atoms with Crippen LogP contribution >= 0.6 is 0 Å². The third-order valence-corrected chi connectivity index (χ3v) is 5.82. The van der Waals surface area contributed by atoms with Gasteiger partial charge in [-0.25, -0.2) is 0 Å². The van der Waals surface area contributed by atoms with E-state index in [-0.39, 0.29) is 5.78 Å². The molecule has 0 aromatic heterocycles. The van der Waals surface area contributed by atoms with Crippen LogP contribution in [-0.2, 0) is 6.54 Å². The number of piperidine rings is 1. The molecule has 26 heavy (non-hydrogen) atoms. The molecule has 1 N–H and O–H groups in total. The van der Waals surface area contributed by atoms with E-state index in [4.69, 9.17) is 0 Å². The van der Waals surface area contributed by atoms with Gasteiger partial charge < -0.3 is 5.32 Å². The third-order valence-electron chi connectivity index (χ3n) is 5.82. The number of nitrogens with zero attached hydrogens (tertiary/aromatic N) is 1. The van der Waals surface area contributed by atoms with Crippen molar-refractivity contribution >= 4 is 5.78 Å². The largest absolute Gasteiger partial charge is 0.311 e. The van der Waals surface area contributed by atoms with E-state index in [0.29, 0.717) is 18.0 Å². The summed E-state index contributed by atoms with van der Waals surface area (Å²) in [5.74, 6) is 0.853. The fraction of sp³-hybridized carbons (Fsp3) is 0.435. The highest BCUT2D eigenvalue weighted by molar-refractivity contribution is 5.93. The number of rotatable bonds is 6. The summed E-state index contributed by atoms with van der Waals surface area (Å²) in [6.07, 6.45) is 3.74. The maximum absolute atomic E-state index is 11.4. The van der Waals surface area contributed by atoms with Crippen molar-refractivity contribution in [2.45, 2.75) is 50.7 Å². The number of likely N-dealkylation sites (tertiary alicyclic amines) is 1. The van der Waals surface area contributed by atoms with E-state index in [0.717, 1.165) is 25.2 Å². The Morgan fingerprint density at radius 1 is 1.04 bits per heavy atom. The predicted molar refractivity (Wildman–Crippen MR) is 105 cm³/mol. The molecule has 2 aromatic rings. The Morgan fingerprint density at radius 3 is 2.38 bits per heavy atom. The van der Waals surface area contributed by atoms with E-state index in [1.54, 1.807) is 6.92 Å². The van der Waals surface area contributed by atoms with Crippen molar-refractivity contribution in [1.82, 2.24) is 10.2 Å². The van der Waals surface area contributed by atoms with Gasteiger partial charge in [-0.1, -0.05) is 54.6 Å². The summed E-state index contributed by atoms with van der Waals surface area (Å²) >= 11 is 0. The number of carbonyl (C=O) groups is 1. The van der Waals surface area contributed by atoms with E-state index in [1.807, 2.05) is 12.1 Å². The fourth-order valence-corrected chi connectivity index (χ4v) is 4.11. The molecule has 136 valence electrons. The summed E-state index contributed by atoms with van der Waals surface area (Å²) in [5.41, 5.74) is 3.58. The lowest BCUT2D eigenvalue weighted by Gasteiger charge is -2.32. The van der Waals surface area contributed by atoms with Crippen LogP contribution in [0.2, 0.25) is 0 Å². The van der Waals surface area contributed by atoms with Crippen molar-refractivity contribution < 1.29 is 4.79 Å². The fourth-order valence-electron chi connectivity index (χ4n) is 4.11. The molecule has 0 bridgehead atoms. The van der Waals surface area contributed by atoms with Gasteiger partial charge in [0.25, 0.3) is 0 Å². The van der Waals surface area contributed by atoms with Crippen molar-refractivity contribution in [3.05, 3.63) is 71.3 Å². The smallest absolute Gasteiger partial charge is 0.159 e. The zero-order valence-electron chi connectivity index (χ0n) is 15.5. The van der Waals surface area contributed by atoms with Crippen molar-refractivity contribution in [3.8, 4) is 0 Å². The number of carbonyl (C=O) groups excluding carboxylic acids is 1. The molecule has 0 radical (unpaired) electrons. The Morgan fingerprint density at radius 2 is 1.73 bits per heavy atom. The average molecular weight is 348 g/mol. The number of hydrogen-bond acceptors (Lipinski definition) is 3. The highest BCUT2D eigenvalue weighted by atomic mass is 16.1. The van der Waals surface area contributed by atoms with E-state index in [9.17, 15) is 4.79 Å². The Labute approximate surface area is 156 Å². The Hall–Kier alpha value is -1.97. The van der Waals surface area contributed by atoms with Crippen molar-refractivity contribution in [1.29, 1.82) is 0 Å². The minimum atomic E-state index is 0.136. The highest BCUT2D eigenvalue weighted by Gasteiger charge is 2.39. The molecular formula is C23H28N2O. The summed E-state index contributed by atoms with van der Waals surface area (Å²) in [4.78, 5) is 13.9. The Balaban J connectivity index is 1.22. The van der Waals surface area contributed by atoms with Gasteiger partial charge in [-0.2, -0.15) is 0 Å². The number of nitrogens with one attached hydrogen (secondary N) is 1. The minimum absolute atomic E-state index is 0.136. The second kappa shape index (κ2) is 7.73. The Bertz CT molecular complexity index is 733. The van der Waals surface area contributed by atoms with Gasteiger partial charge in [-0.05, 0) is 50.4 Å². The zero-order chi connectivity index (χ0) is 17.9. The molecule has 1 aliphatic carbocycles. The molecule has 3 nitrogen and oxygen atoms in total. The second-order valence-electron chi connectivity index (χ2n) is 7.83. The van der Waals surface area contributed by atoms with Gasteiger partial charge in [0.2, 0.25) is 0 Å². The maximum Gasteiger partial charge on any atom is 0.159 e. The predicted octanol–water partition coefficient (Wildman–Crippen LogP) is 4.00. The van der Waals surface area contributed by atoms with E-state index in [1.165, 1.54) is 30.4 Å². The first kappa shape index (κ1) is 17.4. The first-order valence-electron chi connectivity index (χ1n) is 9.82. The Kier molecular flexibility index (Phi) is 5.18. The summed E-state index contributed by atoms with van der Waals surface area (Å²) in [5, 5.41) is 3.88. The molecule has 2 fully saturated rings. The van der Waals surface area contributed by atoms with E-state index < -0.39 is 0 Å². The monoisotopic (exact) mass is 348 g/mol. The topological polar surface area (TPSA) is 32.3 Å². The molecule has 2 aliphatic rings. The summed E-state index contributed by atoms with van der Waals surface area (Å²) in [6, 6.07) is 20.3. The number of Topliss-reactive ketones (excluding diaryl/α,β-unsaturated/α-hetero) is 1. The molecular weight excluding hydrogens is 320 g/mol. The van der Waals surface area contributed by atoms with Crippen LogP contribution in [0.1, 0.15) is 53.6 Å². The van der Waals surface area contributed by atoms with Gasteiger partial charge in [-0.15, -0.1) is 0 Å². The molecule has 0 unspecified atom stereocenters. The lowest BCUT2D eigenvalue weighted by atomic mass is 10.0. The number of ketones is 1. The molecule has 1 saturated heterocycles. The maximum atomic E-state index is 11.4. The van der Waals surface area contributed by atoms with Crippen molar-refractivity contribution in [3.63, 3.8) is 0 Å². The van der Waals surface area contributed by atoms with Gasteiger partial charge in [-0.3, -0.25) is 9.69 Å². The third kappa shape index (κ3) is 4.22. The molecule has 4 rings (SSSR count). The van der Waals surface area contributed by atoms with Crippen LogP contribution in [0.4, 0.5) is 0 Å². The van der Waals surface area contributed by atoms with Crippen LogP contribution in [-0.4, -0.2) is 35.9 Å². The summed E-state index contributed by atoms with van der Waals surface area (Å²) in [7, 11) is 0. The van der Waals surface area contributed by atoms with Crippen LogP contribution in [0.15, 0.2) is 54.6 Å². The van der Waals surface area contributed by atoms with Crippen LogP contribution in [0.25, 0.3) is 0 Å². The minimum Gasteiger partial charge on any atom is -0.311 e. The summed E-state index contributed by atoms with van der Waals surface area (Å²) < 4.78 is 0. The van der Waals surface area contributed by atoms with Gasteiger partial charge in [0.15, 0.2) is 5.78 Å². The lowest BCUT2D eigenvalue weighted by Crippen LogP contribution is -2.43. The highest BCUT2D eigenvalue weighted by Crippen LogP contribution is 2.41.